The van der Waals surface area contributed by atoms with Gasteiger partial charge < -0.3 is 9.47 Å². The van der Waals surface area contributed by atoms with Crippen LogP contribution in [0.4, 0.5) is 0 Å². The lowest BCUT2D eigenvalue weighted by Gasteiger charge is -2.26. The SMILES string of the molecule is Cc1ccc(C(=O)N(Cc2cnc(S(=O)(=O)Cc3ccccc3)n2CC(C)C)CC(C)C)cc1. The van der Waals surface area contributed by atoms with Crippen molar-refractivity contribution in [1.82, 2.24) is 14.5 Å². The van der Waals surface area contributed by atoms with Crippen LogP contribution in [-0.4, -0.2) is 35.3 Å². The molecule has 0 saturated carbocycles. The van der Waals surface area contributed by atoms with Gasteiger partial charge in [-0.3, -0.25) is 4.79 Å². The molecule has 0 radical (unpaired) electrons. The molecule has 7 heteroatoms. The average molecular weight is 482 g/mol. The Hall–Kier alpha value is -2.93. The molecule has 0 N–H and O–H groups in total. The van der Waals surface area contributed by atoms with Gasteiger partial charge in [0.1, 0.15) is 0 Å². The fraction of sp³-hybridized carbons (Fsp3) is 0.407. The van der Waals surface area contributed by atoms with E-state index in [0.29, 0.717) is 25.2 Å². The zero-order chi connectivity index (χ0) is 24.9. The van der Waals surface area contributed by atoms with Gasteiger partial charge in [-0.15, -0.1) is 0 Å². The van der Waals surface area contributed by atoms with E-state index >= 15 is 0 Å². The van der Waals surface area contributed by atoms with Gasteiger partial charge in [0.15, 0.2) is 0 Å². The van der Waals surface area contributed by atoms with Gasteiger partial charge >= 0.3 is 0 Å². The van der Waals surface area contributed by atoms with Crippen molar-refractivity contribution in [2.75, 3.05) is 6.54 Å². The van der Waals surface area contributed by atoms with E-state index in [0.717, 1.165) is 16.8 Å². The minimum atomic E-state index is -3.66. The fourth-order valence-corrected chi connectivity index (χ4v) is 5.42. The molecule has 34 heavy (non-hydrogen) atoms. The largest absolute Gasteiger partial charge is 0.333 e. The molecular formula is C27H35N3O3S. The number of hydrogen-bond acceptors (Lipinski definition) is 4. The zero-order valence-electron chi connectivity index (χ0n) is 20.7. The van der Waals surface area contributed by atoms with Crippen LogP contribution < -0.4 is 0 Å². The van der Waals surface area contributed by atoms with Crippen molar-refractivity contribution in [2.45, 2.75) is 58.6 Å². The highest BCUT2D eigenvalue weighted by Crippen LogP contribution is 2.21. The maximum absolute atomic E-state index is 13.4. The molecule has 0 bridgehead atoms. The standard InChI is InChI=1S/C27H35N3O3S/c1-20(2)16-29(26(31)24-13-11-22(5)12-14-24)18-25-15-28-27(30(25)17-21(3)4)34(32,33)19-23-9-7-6-8-10-23/h6-15,20-21H,16-19H2,1-5H3. The van der Waals surface area contributed by atoms with E-state index in [2.05, 4.69) is 18.8 Å². The summed E-state index contributed by atoms with van der Waals surface area (Å²) in [5.41, 5.74) is 3.16. The summed E-state index contributed by atoms with van der Waals surface area (Å²) in [5, 5.41) is 0.0623. The lowest BCUT2D eigenvalue weighted by atomic mass is 10.1. The summed E-state index contributed by atoms with van der Waals surface area (Å²) in [6.07, 6.45) is 1.61. The summed E-state index contributed by atoms with van der Waals surface area (Å²) in [6, 6.07) is 16.7. The van der Waals surface area contributed by atoms with Crippen LogP contribution in [0, 0.1) is 18.8 Å². The minimum Gasteiger partial charge on any atom is -0.333 e. The molecule has 0 aliphatic rings. The molecule has 0 saturated heterocycles. The lowest BCUT2D eigenvalue weighted by molar-refractivity contribution is 0.0718. The van der Waals surface area contributed by atoms with Crippen LogP contribution in [0.2, 0.25) is 0 Å². The molecule has 1 aromatic heterocycles. The van der Waals surface area contributed by atoms with Crippen molar-refractivity contribution < 1.29 is 13.2 Å². The number of carbonyl (C=O) groups is 1. The quantitative estimate of drug-likeness (QED) is 0.403. The van der Waals surface area contributed by atoms with Crippen molar-refractivity contribution in [3.63, 3.8) is 0 Å². The predicted molar refractivity (Wildman–Crippen MR) is 135 cm³/mol. The van der Waals surface area contributed by atoms with Crippen LogP contribution in [0.1, 0.15) is 54.9 Å². The van der Waals surface area contributed by atoms with Gasteiger partial charge in [0, 0.05) is 18.7 Å². The van der Waals surface area contributed by atoms with Crippen LogP contribution in [0.5, 0.6) is 0 Å². The third-order valence-electron chi connectivity index (χ3n) is 5.45. The molecule has 2 aromatic carbocycles. The van der Waals surface area contributed by atoms with Crippen molar-refractivity contribution in [2.24, 2.45) is 11.8 Å². The summed E-state index contributed by atoms with van der Waals surface area (Å²) in [5.74, 6) is 0.294. The molecule has 0 aliphatic carbocycles. The number of sulfone groups is 1. The average Bonchev–Trinajstić information content (AvgIpc) is 3.16. The van der Waals surface area contributed by atoms with E-state index in [1.165, 1.54) is 0 Å². The number of imidazole rings is 1. The maximum atomic E-state index is 13.4. The van der Waals surface area contributed by atoms with Crippen molar-refractivity contribution >= 4 is 15.7 Å². The number of nitrogens with zero attached hydrogens (tertiary/aromatic N) is 3. The van der Waals surface area contributed by atoms with Crippen molar-refractivity contribution in [3.05, 3.63) is 83.2 Å². The number of hydrogen-bond donors (Lipinski definition) is 0. The molecule has 0 fully saturated rings. The van der Waals surface area contributed by atoms with Gasteiger partial charge in [-0.1, -0.05) is 75.7 Å². The molecule has 0 spiro atoms. The highest BCUT2D eigenvalue weighted by atomic mass is 32.2. The molecular weight excluding hydrogens is 446 g/mol. The Balaban J connectivity index is 1.96. The number of rotatable bonds is 10. The molecule has 0 atom stereocenters. The summed E-state index contributed by atoms with van der Waals surface area (Å²) < 4.78 is 28.4. The molecule has 1 heterocycles. The third-order valence-corrected chi connectivity index (χ3v) is 7.05. The third kappa shape index (κ3) is 6.56. The molecule has 3 rings (SSSR count). The Morgan fingerprint density at radius 1 is 0.971 bits per heavy atom. The van der Waals surface area contributed by atoms with Gasteiger partial charge in [-0.25, -0.2) is 13.4 Å². The molecule has 3 aromatic rings. The lowest BCUT2D eigenvalue weighted by Crippen LogP contribution is -2.34. The Morgan fingerprint density at radius 3 is 2.21 bits per heavy atom. The molecule has 0 aliphatic heterocycles. The smallest absolute Gasteiger partial charge is 0.254 e. The first-order chi connectivity index (χ1) is 16.1. The maximum Gasteiger partial charge on any atom is 0.254 e. The van der Waals surface area contributed by atoms with Gasteiger partial charge in [-0.05, 0) is 36.5 Å². The topological polar surface area (TPSA) is 72.3 Å². The van der Waals surface area contributed by atoms with Crippen LogP contribution in [0.15, 0.2) is 66.0 Å². The molecule has 0 unspecified atom stereocenters. The van der Waals surface area contributed by atoms with E-state index in [4.69, 9.17) is 0 Å². The van der Waals surface area contributed by atoms with Gasteiger partial charge in [0.2, 0.25) is 15.0 Å². The first kappa shape index (κ1) is 25.7. The number of benzene rings is 2. The monoisotopic (exact) mass is 481 g/mol. The van der Waals surface area contributed by atoms with E-state index in [-0.39, 0.29) is 28.7 Å². The Bertz CT molecular complexity index is 1200. The van der Waals surface area contributed by atoms with E-state index in [9.17, 15) is 13.2 Å². The number of aromatic nitrogens is 2. The predicted octanol–water partition coefficient (Wildman–Crippen LogP) is 5.12. The van der Waals surface area contributed by atoms with Crippen LogP contribution in [-0.2, 0) is 28.7 Å². The summed E-state index contributed by atoms with van der Waals surface area (Å²) in [6.45, 7) is 11.6. The second-order valence-electron chi connectivity index (χ2n) is 9.73. The van der Waals surface area contributed by atoms with Crippen molar-refractivity contribution in [1.29, 1.82) is 0 Å². The van der Waals surface area contributed by atoms with Crippen LogP contribution in [0.3, 0.4) is 0 Å². The van der Waals surface area contributed by atoms with Gasteiger partial charge in [0.05, 0.1) is 24.2 Å². The number of aryl methyl sites for hydroxylation is 1. The molecule has 182 valence electrons. The summed E-state index contributed by atoms with van der Waals surface area (Å²) in [7, 11) is -3.66. The van der Waals surface area contributed by atoms with E-state index in [1.54, 1.807) is 27.8 Å². The Morgan fingerprint density at radius 2 is 1.62 bits per heavy atom. The van der Waals surface area contributed by atoms with Crippen LogP contribution in [0.25, 0.3) is 0 Å². The summed E-state index contributed by atoms with van der Waals surface area (Å²) >= 11 is 0. The summed E-state index contributed by atoms with van der Waals surface area (Å²) in [4.78, 5) is 19.5. The molecule has 6 nitrogen and oxygen atoms in total. The molecule has 1 amide bonds. The van der Waals surface area contributed by atoms with E-state index in [1.807, 2.05) is 63.2 Å². The van der Waals surface area contributed by atoms with Crippen LogP contribution >= 0.6 is 0 Å². The number of carbonyl (C=O) groups excluding carboxylic acids is 1. The second-order valence-corrected chi connectivity index (χ2v) is 11.6. The highest BCUT2D eigenvalue weighted by Gasteiger charge is 2.26. The fourth-order valence-electron chi connectivity index (χ4n) is 3.92. The van der Waals surface area contributed by atoms with Gasteiger partial charge in [0.25, 0.3) is 5.91 Å². The van der Waals surface area contributed by atoms with Gasteiger partial charge in [-0.2, -0.15) is 0 Å². The number of amides is 1. The first-order valence-corrected chi connectivity index (χ1v) is 13.4. The Labute approximate surface area is 203 Å². The second kappa shape index (κ2) is 11.0. The highest BCUT2D eigenvalue weighted by molar-refractivity contribution is 7.90. The zero-order valence-corrected chi connectivity index (χ0v) is 21.5. The normalized spacial score (nSPS) is 11.9. The van der Waals surface area contributed by atoms with E-state index < -0.39 is 9.84 Å². The van der Waals surface area contributed by atoms with Crippen molar-refractivity contribution in [3.8, 4) is 0 Å². The minimum absolute atomic E-state index is 0.0623. The first-order valence-electron chi connectivity index (χ1n) is 11.7. The Kier molecular flexibility index (Phi) is 8.31.